The van der Waals surface area contributed by atoms with Gasteiger partial charge in [-0.15, -0.1) is 6.42 Å². The van der Waals surface area contributed by atoms with Gasteiger partial charge in [-0.1, -0.05) is 23.6 Å². The lowest BCUT2D eigenvalue weighted by molar-refractivity contribution is -0.383. The summed E-state index contributed by atoms with van der Waals surface area (Å²) in [5.41, 5.74) is -0.679. The molecule has 0 radical (unpaired) electrons. The van der Waals surface area contributed by atoms with Crippen molar-refractivity contribution in [3.05, 3.63) is 63.2 Å². The normalized spacial score (nSPS) is 10.7. The first kappa shape index (κ1) is 22.8. The Balaban J connectivity index is 2.05. The third kappa shape index (κ3) is 6.02. The number of hydrogen-bond acceptors (Lipinski definition) is 7. The lowest BCUT2D eigenvalue weighted by atomic mass is 10.2. The van der Waals surface area contributed by atoms with Crippen molar-refractivity contribution in [2.45, 2.75) is 4.90 Å². The van der Waals surface area contributed by atoms with E-state index in [2.05, 4.69) is 16.0 Å². The van der Waals surface area contributed by atoms with Crippen LogP contribution in [-0.2, 0) is 19.6 Å². The number of hydrogen-bond donors (Lipinski definition) is 2. The van der Waals surface area contributed by atoms with Crippen LogP contribution in [0, 0.1) is 22.5 Å². The summed E-state index contributed by atoms with van der Waals surface area (Å²) in [6, 6.07) is 8.56. The summed E-state index contributed by atoms with van der Waals surface area (Å²) < 4.78 is 31.1. The van der Waals surface area contributed by atoms with Gasteiger partial charge in [-0.3, -0.25) is 14.9 Å². The second-order valence-corrected chi connectivity index (χ2v) is 7.80. The number of rotatable bonds is 8. The summed E-state index contributed by atoms with van der Waals surface area (Å²) in [5.74, 6) is 0.314. The zero-order chi connectivity index (χ0) is 22.3. The number of nitrogens with one attached hydrogen (secondary N) is 2. The van der Waals surface area contributed by atoms with E-state index in [1.807, 2.05) is 0 Å². The Hall–Kier alpha value is -3.46. The van der Waals surface area contributed by atoms with Crippen molar-refractivity contribution >= 4 is 44.9 Å². The number of nitro groups is 1. The van der Waals surface area contributed by atoms with Crippen molar-refractivity contribution in [3.8, 4) is 12.3 Å². The minimum absolute atomic E-state index is 0.109. The fourth-order valence-corrected chi connectivity index (χ4v) is 3.32. The first-order valence-corrected chi connectivity index (χ1v) is 9.94. The summed E-state index contributed by atoms with van der Waals surface area (Å²) in [4.78, 5) is 34.2. The monoisotopic (exact) mass is 451 g/mol. The Morgan fingerprint density at radius 3 is 2.63 bits per heavy atom. The maximum atomic E-state index is 12.1. The molecule has 0 unspecified atom stereocenters. The molecule has 0 fully saturated rings. The van der Waals surface area contributed by atoms with E-state index in [0.29, 0.717) is 0 Å². The number of amides is 1. The molecule has 0 aliphatic carbocycles. The van der Waals surface area contributed by atoms with Gasteiger partial charge in [-0.2, -0.15) is 4.72 Å². The van der Waals surface area contributed by atoms with Gasteiger partial charge in [0.05, 0.1) is 21.9 Å². The Morgan fingerprint density at radius 2 is 1.97 bits per heavy atom. The van der Waals surface area contributed by atoms with Gasteiger partial charge < -0.3 is 10.1 Å². The molecule has 0 spiro atoms. The highest BCUT2D eigenvalue weighted by molar-refractivity contribution is 7.89. The van der Waals surface area contributed by atoms with Crippen LogP contribution in [-0.4, -0.2) is 38.4 Å². The number of nitro benzene ring substituents is 1. The van der Waals surface area contributed by atoms with E-state index in [9.17, 15) is 28.1 Å². The molecule has 0 aromatic heterocycles. The Labute approximate surface area is 176 Å². The fraction of sp³-hybridized carbons (Fsp3) is 0.111. The standard InChI is InChI=1S/C18H14ClN3O7S/c1-2-8-20-30(27,28)14-5-3-4-12(9-14)18(24)29-11-17(23)21-15-7-6-13(19)10-16(15)22(25)26/h1,3-7,9-10,20H,8,11H2,(H,21,23). The van der Waals surface area contributed by atoms with Crippen LogP contribution in [0.3, 0.4) is 0 Å². The van der Waals surface area contributed by atoms with E-state index < -0.39 is 39.1 Å². The molecule has 1 amide bonds. The first-order valence-electron chi connectivity index (χ1n) is 8.08. The van der Waals surface area contributed by atoms with E-state index in [0.717, 1.165) is 12.1 Å². The average Bonchev–Trinajstić information content (AvgIpc) is 2.71. The molecule has 0 saturated carbocycles. The molecular formula is C18H14ClN3O7S. The second-order valence-electron chi connectivity index (χ2n) is 5.60. The number of esters is 1. The van der Waals surface area contributed by atoms with Crippen molar-refractivity contribution in [3.63, 3.8) is 0 Å². The molecule has 0 heterocycles. The SMILES string of the molecule is C#CCNS(=O)(=O)c1cccc(C(=O)OCC(=O)Nc2ccc(Cl)cc2[N+](=O)[O-])c1. The van der Waals surface area contributed by atoms with Crippen LogP contribution in [0.1, 0.15) is 10.4 Å². The minimum atomic E-state index is -3.92. The van der Waals surface area contributed by atoms with Gasteiger partial charge in [0, 0.05) is 11.1 Å². The van der Waals surface area contributed by atoms with Gasteiger partial charge in [-0.05, 0) is 30.3 Å². The van der Waals surface area contributed by atoms with E-state index >= 15 is 0 Å². The summed E-state index contributed by atoms with van der Waals surface area (Å²) >= 11 is 5.70. The van der Waals surface area contributed by atoms with Gasteiger partial charge in [-0.25, -0.2) is 13.2 Å². The van der Waals surface area contributed by atoms with Gasteiger partial charge in [0.25, 0.3) is 11.6 Å². The van der Waals surface area contributed by atoms with Crippen LogP contribution in [0.25, 0.3) is 0 Å². The molecule has 2 aromatic carbocycles. The van der Waals surface area contributed by atoms with Gasteiger partial charge in [0.1, 0.15) is 5.69 Å². The smallest absolute Gasteiger partial charge is 0.338 e. The number of benzene rings is 2. The molecule has 10 nitrogen and oxygen atoms in total. The minimum Gasteiger partial charge on any atom is -0.452 e. The van der Waals surface area contributed by atoms with Gasteiger partial charge >= 0.3 is 5.97 Å². The lowest BCUT2D eigenvalue weighted by Gasteiger charge is -2.09. The van der Waals surface area contributed by atoms with Crippen LogP contribution in [0.5, 0.6) is 0 Å². The average molecular weight is 452 g/mol. The van der Waals surface area contributed by atoms with Gasteiger partial charge in [0.15, 0.2) is 6.61 Å². The summed E-state index contributed by atoms with van der Waals surface area (Å²) in [7, 11) is -3.92. The van der Waals surface area contributed by atoms with Crippen molar-refractivity contribution in [2.75, 3.05) is 18.5 Å². The number of sulfonamides is 1. The van der Waals surface area contributed by atoms with Crippen molar-refractivity contribution in [1.29, 1.82) is 0 Å². The molecule has 2 aromatic rings. The molecule has 2 rings (SSSR count). The van der Waals surface area contributed by atoms with Crippen molar-refractivity contribution < 1.29 is 27.7 Å². The first-order chi connectivity index (χ1) is 14.1. The molecule has 30 heavy (non-hydrogen) atoms. The molecule has 0 bridgehead atoms. The Bertz CT molecular complexity index is 1140. The number of anilines is 1. The third-order valence-electron chi connectivity index (χ3n) is 3.51. The van der Waals surface area contributed by atoms with E-state index in [-0.39, 0.29) is 27.7 Å². The maximum Gasteiger partial charge on any atom is 0.338 e. The molecule has 2 N–H and O–H groups in total. The molecule has 0 saturated heterocycles. The van der Waals surface area contributed by atoms with Crippen molar-refractivity contribution in [2.24, 2.45) is 0 Å². The highest BCUT2D eigenvalue weighted by Crippen LogP contribution is 2.27. The summed E-state index contributed by atoms with van der Waals surface area (Å²) in [6.07, 6.45) is 5.02. The molecule has 0 aliphatic heterocycles. The molecule has 0 aliphatic rings. The Morgan fingerprint density at radius 1 is 1.23 bits per heavy atom. The number of carbonyl (C=O) groups is 2. The van der Waals surface area contributed by atoms with Crippen LogP contribution >= 0.6 is 11.6 Å². The summed E-state index contributed by atoms with van der Waals surface area (Å²) in [5, 5.41) is 13.4. The van der Waals surface area contributed by atoms with Crippen LogP contribution in [0.15, 0.2) is 47.4 Å². The predicted octanol–water partition coefficient (Wildman–Crippen LogP) is 1.96. The van der Waals surface area contributed by atoms with E-state index in [4.69, 9.17) is 22.8 Å². The maximum absolute atomic E-state index is 12.1. The van der Waals surface area contributed by atoms with Crippen molar-refractivity contribution in [1.82, 2.24) is 4.72 Å². The predicted molar refractivity (Wildman–Crippen MR) is 107 cm³/mol. The Kier molecular flexibility index (Phi) is 7.48. The second kappa shape index (κ2) is 9.84. The number of terminal acetylenes is 1. The summed E-state index contributed by atoms with van der Waals surface area (Å²) in [6.45, 7) is -0.987. The van der Waals surface area contributed by atoms with E-state index in [1.54, 1.807) is 0 Å². The zero-order valence-corrected chi connectivity index (χ0v) is 16.7. The van der Waals surface area contributed by atoms with Crippen LogP contribution < -0.4 is 10.0 Å². The largest absolute Gasteiger partial charge is 0.452 e. The zero-order valence-electron chi connectivity index (χ0n) is 15.1. The number of nitrogens with zero attached hydrogens (tertiary/aromatic N) is 1. The number of ether oxygens (including phenoxy) is 1. The highest BCUT2D eigenvalue weighted by atomic mass is 35.5. The fourth-order valence-electron chi connectivity index (χ4n) is 2.17. The third-order valence-corrected chi connectivity index (χ3v) is 5.14. The molecule has 0 atom stereocenters. The quantitative estimate of drug-likeness (QED) is 0.270. The lowest BCUT2D eigenvalue weighted by Crippen LogP contribution is -2.24. The number of carbonyl (C=O) groups excluding carboxylic acids is 2. The highest BCUT2D eigenvalue weighted by Gasteiger charge is 2.19. The molecular weight excluding hydrogens is 438 g/mol. The van der Waals surface area contributed by atoms with Crippen LogP contribution in [0.2, 0.25) is 5.02 Å². The van der Waals surface area contributed by atoms with Gasteiger partial charge in [0.2, 0.25) is 10.0 Å². The van der Waals surface area contributed by atoms with Crippen LogP contribution in [0.4, 0.5) is 11.4 Å². The van der Waals surface area contributed by atoms with E-state index in [1.165, 1.54) is 30.3 Å². The molecule has 156 valence electrons. The molecule has 12 heteroatoms. The number of halogens is 1. The topological polar surface area (TPSA) is 145 Å².